The molecule has 17 heavy (non-hydrogen) atoms. The number of nitrogens with one attached hydrogen (secondary N) is 1. The highest BCUT2D eigenvalue weighted by Crippen LogP contribution is 2.06. The number of amides is 1. The van der Waals surface area contributed by atoms with E-state index in [1.807, 2.05) is 20.8 Å². The summed E-state index contributed by atoms with van der Waals surface area (Å²) in [5.74, 6) is -0.608. The third-order valence-electron chi connectivity index (χ3n) is 2.91. The molecule has 3 N–H and O–H groups in total. The summed E-state index contributed by atoms with van der Waals surface area (Å²) in [6.07, 6.45) is 0.384. The van der Waals surface area contributed by atoms with Gasteiger partial charge in [-0.05, 0) is 32.7 Å². The van der Waals surface area contributed by atoms with Crippen molar-refractivity contribution in [3.05, 3.63) is 0 Å². The zero-order chi connectivity index (χ0) is 13.6. The molecule has 0 radical (unpaired) electrons. The van der Waals surface area contributed by atoms with E-state index in [9.17, 15) is 13.2 Å². The van der Waals surface area contributed by atoms with E-state index < -0.39 is 26.7 Å². The maximum absolute atomic E-state index is 11.8. The van der Waals surface area contributed by atoms with Gasteiger partial charge in [-0.3, -0.25) is 4.79 Å². The van der Waals surface area contributed by atoms with Gasteiger partial charge in [0.15, 0.2) is 9.84 Å². The van der Waals surface area contributed by atoms with Gasteiger partial charge in [0, 0.05) is 6.04 Å². The molecule has 0 aromatic rings. The van der Waals surface area contributed by atoms with Crippen molar-refractivity contribution < 1.29 is 13.2 Å². The maximum atomic E-state index is 11.8. The molecule has 0 fully saturated rings. The van der Waals surface area contributed by atoms with Gasteiger partial charge in [-0.2, -0.15) is 0 Å². The molecule has 0 aliphatic heterocycles. The van der Waals surface area contributed by atoms with E-state index in [1.54, 1.807) is 6.92 Å². The highest BCUT2D eigenvalue weighted by atomic mass is 32.2. The molecule has 0 aliphatic carbocycles. The van der Waals surface area contributed by atoms with E-state index in [1.165, 1.54) is 0 Å². The van der Waals surface area contributed by atoms with Crippen LogP contribution in [-0.4, -0.2) is 37.9 Å². The minimum Gasteiger partial charge on any atom is -0.353 e. The van der Waals surface area contributed by atoms with Crippen LogP contribution in [0.4, 0.5) is 0 Å². The second-order valence-electron chi connectivity index (χ2n) is 4.80. The van der Waals surface area contributed by atoms with Crippen molar-refractivity contribution >= 4 is 15.7 Å². The molecule has 102 valence electrons. The van der Waals surface area contributed by atoms with E-state index in [0.29, 0.717) is 13.0 Å². The normalized spacial score (nSPS) is 15.6. The Morgan fingerprint density at radius 2 is 1.76 bits per heavy atom. The number of hydrogen-bond donors (Lipinski definition) is 2. The summed E-state index contributed by atoms with van der Waals surface area (Å²) in [6, 6.07) is -0.0254. The van der Waals surface area contributed by atoms with Gasteiger partial charge in [0.25, 0.3) is 0 Å². The molecule has 5 nitrogen and oxygen atoms in total. The molecule has 0 aliphatic rings. The molecule has 0 aromatic carbocycles. The molecule has 0 heterocycles. The first-order valence-corrected chi connectivity index (χ1v) is 7.63. The van der Waals surface area contributed by atoms with Gasteiger partial charge in [-0.1, -0.05) is 13.8 Å². The van der Waals surface area contributed by atoms with Crippen LogP contribution in [0.2, 0.25) is 0 Å². The van der Waals surface area contributed by atoms with Crippen LogP contribution in [0.1, 0.15) is 34.1 Å². The lowest BCUT2D eigenvalue weighted by molar-refractivity contribution is -0.119. The molecule has 2 atom stereocenters. The summed E-state index contributed by atoms with van der Waals surface area (Å²) < 4.78 is 23.5. The number of rotatable bonds is 7. The lowest BCUT2D eigenvalue weighted by Crippen LogP contribution is -2.41. The van der Waals surface area contributed by atoms with Crippen molar-refractivity contribution in [2.75, 3.05) is 12.3 Å². The van der Waals surface area contributed by atoms with Crippen LogP contribution in [-0.2, 0) is 14.6 Å². The van der Waals surface area contributed by atoms with E-state index in [4.69, 9.17) is 5.73 Å². The zero-order valence-electron chi connectivity index (χ0n) is 11.1. The fourth-order valence-corrected chi connectivity index (χ4v) is 2.43. The summed E-state index contributed by atoms with van der Waals surface area (Å²) in [4.78, 5) is 11.6. The van der Waals surface area contributed by atoms with Gasteiger partial charge in [0.05, 0.1) is 5.25 Å². The Morgan fingerprint density at radius 3 is 2.18 bits per heavy atom. The van der Waals surface area contributed by atoms with E-state index in [0.717, 1.165) is 0 Å². The topological polar surface area (TPSA) is 89.3 Å². The van der Waals surface area contributed by atoms with Crippen LogP contribution < -0.4 is 11.1 Å². The summed E-state index contributed by atoms with van der Waals surface area (Å²) >= 11 is 0. The number of nitrogens with two attached hydrogens (primary N) is 1. The standard InChI is InChI=1S/C11H24N2O3S/c1-8(2)10(4)13-11(14)7-17(15,16)9(3)5-6-12/h8-10H,5-7,12H2,1-4H3,(H,13,14). The molecule has 0 saturated heterocycles. The molecule has 0 bridgehead atoms. The van der Waals surface area contributed by atoms with Gasteiger partial charge in [-0.15, -0.1) is 0 Å². The van der Waals surface area contributed by atoms with Crippen LogP contribution in [0, 0.1) is 5.92 Å². The predicted octanol–water partition coefficient (Wildman–Crippen LogP) is 0.299. The van der Waals surface area contributed by atoms with Gasteiger partial charge in [0.2, 0.25) is 5.91 Å². The SMILES string of the molecule is CC(C)C(C)NC(=O)CS(=O)(=O)C(C)CCN. The molecule has 6 heteroatoms. The maximum Gasteiger partial charge on any atom is 0.235 e. The summed E-state index contributed by atoms with van der Waals surface area (Å²) in [5.41, 5.74) is 5.31. The molecule has 0 spiro atoms. The van der Waals surface area contributed by atoms with Crippen LogP contribution >= 0.6 is 0 Å². The van der Waals surface area contributed by atoms with Gasteiger partial charge >= 0.3 is 0 Å². The van der Waals surface area contributed by atoms with E-state index in [-0.39, 0.29) is 12.0 Å². The molecular weight excluding hydrogens is 240 g/mol. The molecule has 0 saturated carbocycles. The largest absolute Gasteiger partial charge is 0.353 e. The third kappa shape index (κ3) is 6.02. The second-order valence-corrected chi connectivity index (χ2v) is 7.21. The summed E-state index contributed by atoms with van der Waals surface area (Å²) in [5, 5.41) is 2.12. The Labute approximate surface area is 104 Å². The van der Waals surface area contributed by atoms with Gasteiger partial charge in [-0.25, -0.2) is 8.42 Å². The number of carbonyl (C=O) groups excluding carboxylic acids is 1. The molecular formula is C11H24N2O3S. The second kappa shape index (κ2) is 6.96. The smallest absolute Gasteiger partial charge is 0.235 e. The number of hydrogen-bond acceptors (Lipinski definition) is 4. The monoisotopic (exact) mass is 264 g/mol. The molecule has 0 rings (SSSR count). The van der Waals surface area contributed by atoms with Crippen molar-refractivity contribution in [2.45, 2.75) is 45.4 Å². The van der Waals surface area contributed by atoms with Crippen molar-refractivity contribution in [1.29, 1.82) is 0 Å². The molecule has 1 amide bonds. The lowest BCUT2D eigenvalue weighted by atomic mass is 10.1. The third-order valence-corrected chi connectivity index (χ3v) is 5.03. The lowest BCUT2D eigenvalue weighted by Gasteiger charge is -2.18. The highest BCUT2D eigenvalue weighted by Gasteiger charge is 2.24. The van der Waals surface area contributed by atoms with E-state index >= 15 is 0 Å². The van der Waals surface area contributed by atoms with Gasteiger partial charge in [0.1, 0.15) is 5.75 Å². The average Bonchev–Trinajstić information content (AvgIpc) is 2.16. The Kier molecular flexibility index (Phi) is 6.70. The van der Waals surface area contributed by atoms with Gasteiger partial charge < -0.3 is 11.1 Å². The summed E-state index contributed by atoms with van der Waals surface area (Å²) in [7, 11) is -3.39. The fourth-order valence-electron chi connectivity index (χ4n) is 1.20. The number of sulfone groups is 1. The van der Waals surface area contributed by atoms with E-state index in [2.05, 4.69) is 5.32 Å². The quantitative estimate of drug-likeness (QED) is 0.692. The zero-order valence-corrected chi connectivity index (χ0v) is 11.9. The van der Waals surface area contributed by atoms with Crippen LogP contribution in [0.3, 0.4) is 0 Å². The van der Waals surface area contributed by atoms with Crippen molar-refractivity contribution in [2.24, 2.45) is 11.7 Å². The number of carbonyl (C=O) groups is 1. The minimum atomic E-state index is -3.39. The van der Waals surface area contributed by atoms with Crippen LogP contribution in [0.25, 0.3) is 0 Å². The van der Waals surface area contributed by atoms with Crippen LogP contribution in [0.5, 0.6) is 0 Å². The Hall–Kier alpha value is -0.620. The average molecular weight is 264 g/mol. The Bertz CT molecular complexity index is 339. The first-order valence-electron chi connectivity index (χ1n) is 5.91. The predicted molar refractivity (Wildman–Crippen MR) is 69.4 cm³/mol. The Morgan fingerprint density at radius 1 is 1.24 bits per heavy atom. The first kappa shape index (κ1) is 16.4. The van der Waals surface area contributed by atoms with Crippen molar-refractivity contribution in [3.63, 3.8) is 0 Å². The fraction of sp³-hybridized carbons (Fsp3) is 0.909. The minimum absolute atomic E-state index is 0.0254. The molecule has 2 unspecified atom stereocenters. The molecule has 0 aromatic heterocycles. The first-order chi connectivity index (χ1) is 7.70. The summed E-state index contributed by atoms with van der Waals surface area (Å²) in [6.45, 7) is 7.69. The highest BCUT2D eigenvalue weighted by molar-refractivity contribution is 7.92. The van der Waals surface area contributed by atoms with Crippen LogP contribution in [0.15, 0.2) is 0 Å². The Balaban J connectivity index is 4.38. The van der Waals surface area contributed by atoms with Crippen molar-refractivity contribution in [3.8, 4) is 0 Å². The van der Waals surface area contributed by atoms with Crippen molar-refractivity contribution in [1.82, 2.24) is 5.32 Å².